The molecule has 0 amide bonds. The van der Waals surface area contributed by atoms with Crippen molar-refractivity contribution < 1.29 is 19.7 Å². The number of likely N-dealkylation sites (tertiary alicyclic amines) is 1. The van der Waals surface area contributed by atoms with Gasteiger partial charge in [-0.2, -0.15) is 17.7 Å². The van der Waals surface area contributed by atoms with Crippen LogP contribution < -0.4 is 9.47 Å². The molecule has 9 heteroatoms. The number of piperidine rings is 1. The van der Waals surface area contributed by atoms with Crippen molar-refractivity contribution >= 4 is 20.5 Å². The molecule has 206 valence electrons. The zero-order valence-electron chi connectivity index (χ0n) is 22.2. The molecule has 1 fully saturated rings. The van der Waals surface area contributed by atoms with Gasteiger partial charge >= 0.3 is 0 Å². The lowest BCUT2D eigenvalue weighted by Gasteiger charge is -2.39. The molecule has 2 N–H and O–H groups in total. The summed E-state index contributed by atoms with van der Waals surface area (Å²) in [7, 11) is 7.64. The second kappa shape index (κ2) is 14.6. The molecule has 0 bridgehead atoms. The molecule has 2 radical (unpaired) electrons. The first-order valence-electron chi connectivity index (χ1n) is 12.5. The first kappa shape index (κ1) is 31.8. The Morgan fingerprint density at radius 3 is 2.53 bits per heavy atom. The molecule has 0 saturated carbocycles. The minimum Gasteiger partial charge on any atom is -0.500 e. The second-order valence-corrected chi connectivity index (χ2v) is 9.58. The fourth-order valence-electron chi connectivity index (χ4n) is 4.59. The van der Waals surface area contributed by atoms with Crippen LogP contribution in [0.25, 0.3) is 16.9 Å². The average Bonchev–Trinajstić information content (AvgIpc) is 3.41. The Morgan fingerprint density at radius 1 is 1.18 bits per heavy atom. The molecule has 2 heterocycles. The van der Waals surface area contributed by atoms with Crippen LogP contribution in [0.2, 0.25) is 0 Å². The third-order valence-electron chi connectivity index (χ3n) is 6.70. The maximum absolute atomic E-state index is 10.5. The highest BCUT2D eigenvalue weighted by atomic mass is 32.1. The fourth-order valence-corrected chi connectivity index (χ4v) is 4.59. The van der Waals surface area contributed by atoms with Gasteiger partial charge in [0.25, 0.3) is 0 Å². The molecule has 38 heavy (non-hydrogen) atoms. The van der Waals surface area contributed by atoms with Crippen LogP contribution in [0.15, 0.2) is 54.7 Å². The molecule has 3 aromatic rings. The van der Waals surface area contributed by atoms with Gasteiger partial charge in [-0.05, 0) is 75.9 Å². The summed E-state index contributed by atoms with van der Waals surface area (Å²) in [6, 6.07) is 15.4. The molecule has 4 rings (SSSR count). The highest BCUT2D eigenvalue weighted by Gasteiger charge is 2.34. The van der Waals surface area contributed by atoms with Crippen LogP contribution >= 0.6 is 12.6 Å². The number of nitrogens with zero attached hydrogens (tertiary/aromatic N) is 3. The molecule has 1 aliphatic rings. The summed E-state index contributed by atoms with van der Waals surface area (Å²) in [5.74, 6) is 1.56. The van der Waals surface area contributed by atoms with Crippen molar-refractivity contribution in [1.82, 2.24) is 14.7 Å². The Morgan fingerprint density at radius 2 is 1.89 bits per heavy atom. The van der Waals surface area contributed by atoms with Crippen molar-refractivity contribution in [3.63, 3.8) is 0 Å². The summed E-state index contributed by atoms with van der Waals surface area (Å²) in [6.07, 6.45) is 5.51. The number of rotatable bonds is 9. The zero-order chi connectivity index (χ0) is 27.0. The van der Waals surface area contributed by atoms with E-state index in [9.17, 15) is 10.2 Å². The number of aliphatic hydroxyl groups is 2. The van der Waals surface area contributed by atoms with E-state index >= 15 is 0 Å². The maximum Gasteiger partial charge on any atom is 0.126 e. The zero-order valence-corrected chi connectivity index (χ0v) is 23.1. The van der Waals surface area contributed by atoms with E-state index in [0.717, 1.165) is 59.9 Å². The SMILES string of the molecule is C.CS.[B]C(C)Oc1cc(-c2ccn(-c3ccc(OC)cc3)n2)ccc1CN1CCCC([C@](C)(O)CO)C1. The molecular weight excluding hydrogens is 497 g/mol. The lowest BCUT2D eigenvalue weighted by molar-refractivity contribution is -0.0697. The van der Waals surface area contributed by atoms with Gasteiger partial charge in [0.15, 0.2) is 0 Å². The van der Waals surface area contributed by atoms with Crippen molar-refractivity contribution in [1.29, 1.82) is 0 Å². The lowest BCUT2D eigenvalue weighted by Crippen LogP contribution is -2.47. The van der Waals surface area contributed by atoms with Crippen LogP contribution in [0.5, 0.6) is 11.5 Å². The van der Waals surface area contributed by atoms with E-state index in [-0.39, 0.29) is 20.0 Å². The normalized spacial score (nSPS) is 17.8. The molecule has 7 nitrogen and oxygen atoms in total. The summed E-state index contributed by atoms with van der Waals surface area (Å²) < 4.78 is 13.1. The van der Waals surface area contributed by atoms with Gasteiger partial charge in [0.1, 0.15) is 19.3 Å². The second-order valence-electron chi connectivity index (χ2n) is 9.58. The Balaban J connectivity index is 0.00000165. The third-order valence-corrected chi connectivity index (χ3v) is 6.70. The van der Waals surface area contributed by atoms with E-state index in [2.05, 4.69) is 29.7 Å². The summed E-state index contributed by atoms with van der Waals surface area (Å²) in [6.45, 7) is 5.63. The molecule has 0 spiro atoms. The number of aliphatic hydroxyl groups excluding tert-OH is 1. The van der Waals surface area contributed by atoms with Crippen LogP contribution in [0, 0.1) is 5.92 Å². The van der Waals surface area contributed by atoms with Crippen LogP contribution in [-0.2, 0) is 6.54 Å². The quantitative estimate of drug-likeness (QED) is 0.273. The molecule has 1 aromatic heterocycles. The van der Waals surface area contributed by atoms with Gasteiger partial charge in [0, 0.05) is 36.3 Å². The Hall–Kier alpha value is -2.46. The molecule has 0 aliphatic carbocycles. The molecule has 2 unspecified atom stereocenters. The Bertz CT molecular complexity index is 1120. The number of thiol groups is 1. The average molecular weight is 540 g/mol. The summed E-state index contributed by atoms with van der Waals surface area (Å²) >= 11 is 3.53. The highest BCUT2D eigenvalue weighted by Crippen LogP contribution is 2.32. The van der Waals surface area contributed by atoms with Crippen molar-refractivity contribution in [3.05, 3.63) is 60.3 Å². The summed E-state index contributed by atoms with van der Waals surface area (Å²) in [4.78, 5) is 2.31. The van der Waals surface area contributed by atoms with Gasteiger partial charge in [-0.3, -0.25) is 4.90 Å². The maximum atomic E-state index is 10.5. The number of hydrogen-bond acceptors (Lipinski definition) is 7. The van der Waals surface area contributed by atoms with E-state index in [4.69, 9.17) is 22.4 Å². The van der Waals surface area contributed by atoms with Gasteiger partial charge in [-0.1, -0.05) is 19.6 Å². The number of ether oxygens (including phenoxy) is 2. The first-order valence-corrected chi connectivity index (χ1v) is 13.4. The molecule has 3 atom stereocenters. The van der Waals surface area contributed by atoms with E-state index < -0.39 is 11.6 Å². The van der Waals surface area contributed by atoms with Gasteiger partial charge < -0.3 is 19.7 Å². The predicted molar refractivity (Wildman–Crippen MR) is 159 cm³/mol. The Labute approximate surface area is 234 Å². The van der Waals surface area contributed by atoms with E-state index in [1.807, 2.05) is 54.2 Å². The standard InChI is InChI=1S/C27H34BN3O4.CH4S.CH4/c1-19(28)35-26-15-20(25-12-14-31(29-25)23-8-10-24(34-3)11-9-23)6-7-21(26)16-30-13-4-5-22(17-30)27(2,33)18-32;1-2;/h6-12,14-15,19,22,32-33H,4-5,13,16-18H2,1-3H3;2H,1H3;1H4/t19?,22?,27-;;/m1../s1. The van der Waals surface area contributed by atoms with Gasteiger partial charge in [0.05, 0.1) is 36.7 Å². The Kier molecular flexibility index (Phi) is 12.2. The van der Waals surface area contributed by atoms with Crippen LogP contribution in [0.1, 0.15) is 39.7 Å². The monoisotopic (exact) mass is 539 g/mol. The van der Waals surface area contributed by atoms with Gasteiger partial charge in [-0.25, -0.2) is 4.68 Å². The van der Waals surface area contributed by atoms with E-state index in [0.29, 0.717) is 6.54 Å². The molecular formula is C29H42BN3O4S. The number of methoxy groups -OCH3 is 1. The largest absolute Gasteiger partial charge is 0.500 e. The lowest BCUT2D eigenvalue weighted by atomic mass is 9.83. The smallest absolute Gasteiger partial charge is 0.126 e. The number of aromatic nitrogens is 2. The fraction of sp³-hybridized carbons (Fsp3) is 0.483. The van der Waals surface area contributed by atoms with Gasteiger partial charge in [0.2, 0.25) is 0 Å². The minimum atomic E-state index is -1.07. The molecule has 1 aliphatic heterocycles. The van der Waals surface area contributed by atoms with Crippen LogP contribution in [0.3, 0.4) is 0 Å². The third kappa shape index (κ3) is 8.02. The minimum absolute atomic E-state index is 0. The van der Waals surface area contributed by atoms with Crippen LogP contribution in [-0.4, -0.2) is 77.4 Å². The van der Waals surface area contributed by atoms with E-state index in [1.165, 1.54) is 0 Å². The summed E-state index contributed by atoms with van der Waals surface area (Å²) in [5, 5.41) is 24.9. The van der Waals surface area contributed by atoms with Crippen molar-refractivity contribution in [3.8, 4) is 28.4 Å². The topological polar surface area (TPSA) is 80.0 Å². The molecule has 1 saturated heterocycles. The predicted octanol–water partition coefficient (Wildman–Crippen LogP) is 4.58. The number of benzene rings is 2. The first-order chi connectivity index (χ1) is 17.8. The van der Waals surface area contributed by atoms with Crippen molar-refractivity contribution in [2.75, 3.05) is 33.1 Å². The van der Waals surface area contributed by atoms with Crippen molar-refractivity contribution in [2.45, 2.75) is 52.3 Å². The molecule has 2 aromatic carbocycles. The summed E-state index contributed by atoms with van der Waals surface area (Å²) in [5.41, 5.74) is 2.68. The van der Waals surface area contributed by atoms with Crippen molar-refractivity contribution in [2.24, 2.45) is 5.92 Å². The highest BCUT2D eigenvalue weighted by molar-refractivity contribution is 7.79. The van der Waals surface area contributed by atoms with Crippen LogP contribution in [0.4, 0.5) is 0 Å². The van der Waals surface area contributed by atoms with Gasteiger partial charge in [-0.15, -0.1) is 0 Å². The van der Waals surface area contributed by atoms with E-state index in [1.54, 1.807) is 20.3 Å². The number of hydrogen-bond donors (Lipinski definition) is 3.